The third-order valence-corrected chi connectivity index (χ3v) is 4.28. The number of hydrogen-bond donors (Lipinski definition) is 1. The number of anilines is 1. The zero-order chi connectivity index (χ0) is 20.8. The van der Waals surface area contributed by atoms with E-state index < -0.39 is 23.2 Å². The molecule has 6 nitrogen and oxygen atoms in total. The maximum Gasteiger partial charge on any atom is 0.257 e. The standard InChI is InChI=1S/C21H18F2N4O2/c1-27(10-7-14-5-8-24-9-6-14)21(29)16-11-15(12-25-13-16)20(28)26-19-17(22)3-2-4-18(19)23/h2-6,8-9,11-13H,7,10H2,1H3,(H,26,28). The van der Waals surface area contributed by atoms with Gasteiger partial charge in [0, 0.05) is 38.4 Å². The quantitative estimate of drug-likeness (QED) is 0.694. The van der Waals surface area contributed by atoms with Crippen LogP contribution in [0.3, 0.4) is 0 Å². The molecule has 1 N–H and O–H groups in total. The van der Waals surface area contributed by atoms with E-state index in [0.29, 0.717) is 13.0 Å². The van der Waals surface area contributed by atoms with Crippen LogP contribution < -0.4 is 5.32 Å². The van der Waals surface area contributed by atoms with Crippen molar-refractivity contribution in [1.29, 1.82) is 0 Å². The van der Waals surface area contributed by atoms with Gasteiger partial charge in [0.25, 0.3) is 11.8 Å². The number of likely N-dealkylation sites (N-methyl/N-ethyl adjacent to an activating group) is 1. The Balaban J connectivity index is 1.69. The van der Waals surface area contributed by atoms with Crippen molar-refractivity contribution in [2.75, 3.05) is 18.9 Å². The highest BCUT2D eigenvalue weighted by Crippen LogP contribution is 2.19. The van der Waals surface area contributed by atoms with Gasteiger partial charge < -0.3 is 10.2 Å². The lowest BCUT2D eigenvalue weighted by atomic mass is 10.1. The topological polar surface area (TPSA) is 75.2 Å². The Morgan fingerprint density at radius 1 is 1.00 bits per heavy atom. The number of rotatable bonds is 6. The first-order valence-corrected chi connectivity index (χ1v) is 8.80. The van der Waals surface area contributed by atoms with Crippen LogP contribution in [0.25, 0.3) is 0 Å². The summed E-state index contributed by atoms with van der Waals surface area (Å²) in [6.45, 7) is 0.458. The van der Waals surface area contributed by atoms with E-state index in [1.807, 2.05) is 12.1 Å². The van der Waals surface area contributed by atoms with Gasteiger partial charge in [-0.05, 0) is 42.3 Å². The largest absolute Gasteiger partial charge is 0.341 e. The van der Waals surface area contributed by atoms with Gasteiger partial charge in [-0.1, -0.05) is 6.07 Å². The molecule has 148 valence electrons. The number of nitrogens with zero attached hydrogens (tertiary/aromatic N) is 3. The molecule has 0 radical (unpaired) electrons. The minimum atomic E-state index is -0.894. The second-order valence-electron chi connectivity index (χ2n) is 6.35. The van der Waals surface area contributed by atoms with E-state index in [4.69, 9.17) is 0 Å². The van der Waals surface area contributed by atoms with Crippen LogP contribution in [-0.4, -0.2) is 40.3 Å². The third kappa shape index (κ3) is 4.98. The van der Waals surface area contributed by atoms with Crippen molar-refractivity contribution in [1.82, 2.24) is 14.9 Å². The van der Waals surface area contributed by atoms with Crippen LogP contribution in [0.5, 0.6) is 0 Å². The molecule has 0 aliphatic carbocycles. The van der Waals surface area contributed by atoms with Crippen molar-refractivity contribution in [2.24, 2.45) is 0 Å². The van der Waals surface area contributed by atoms with Gasteiger partial charge in [0.15, 0.2) is 0 Å². The zero-order valence-electron chi connectivity index (χ0n) is 15.6. The number of nitrogens with one attached hydrogen (secondary N) is 1. The Bertz CT molecular complexity index is 1010. The molecule has 0 saturated heterocycles. The van der Waals surface area contributed by atoms with Gasteiger partial charge >= 0.3 is 0 Å². The molecule has 3 rings (SSSR count). The summed E-state index contributed by atoms with van der Waals surface area (Å²) in [7, 11) is 1.64. The molecule has 2 aromatic heterocycles. The van der Waals surface area contributed by atoms with E-state index in [2.05, 4.69) is 15.3 Å². The van der Waals surface area contributed by atoms with Crippen molar-refractivity contribution in [3.8, 4) is 0 Å². The summed E-state index contributed by atoms with van der Waals surface area (Å²) >= 11 is 0. The summed E-state index contributed by atoms with van der Waals surface area (Å²) in [5, 5.41) is 2.18. The summed E-state index contributed by atoms with van der Waals surface area (Å²) in [4.78, 5) is 34.4. The Morgan fingerprint density at radius 2 is 1.66 bits per heavy atom. The second kappa shape index (κ2) is 9.01. The number of halogens is 2. The van der Waals surface area contributed by atoms with Crippen LogP contribution in [0.15, 0.2) is 61.2 Å². The van der Waals surface area contributed by atoms with E-state index in [9.17, 15) is 18.4 Å². The molecule has 0 unspecified atom stereocenters. The molecule has 1 aromatic carbocycles. The van der Waals surface area contributed by atoms with Crippen molar-refractivity contribution in [3.05, 3.63) is 89.5 Å². The van der Waals surface area contributed by atoms with Crippen molar-refractivity contribution < 1.29 is 18.4 Å². The van der Waals surface area contributed by atoms with Gasteiger partial charge in [-0.3, -0.25) is 19.6 Å². The van der Waals surface area contributed by atoms with E-state index >= 15 is 0 Å². The summed E-state index contributed by atoms with van der Waals surface area (Å²) in [6.07, 6.45) is 6.57. The molecule has 2 amide bonds. The second-order valence-corrected chi connectivity index (χ2v) is 6.35. The Morgan fingerprint density at radius 3 is 2.34 bits per heavy atom. The van der Waals surface area contributed by atoms with Crippen molar-refractivity contribution >= 4 is 17.5 Å². The molecular weight excluding hydrogens is 378 g/mol. The van der Waals surface area contributed by atoms with Crippen LogP contribution in [-0.2, 0) is 6.42 Å². The lowest BCUT2D eigenvalue weighted by molar-refractivity contribution is 0.0796. The van der Waals surface area contributed by atoms with Crippen LogP contribution in [0, 0.1) is 11.6 Å². The normalized spacial score (nSPS) is 10.4. The predicted octanol–water partition coefficient (Wildman–Crippen LogP) is 3.32. The average Bonchev–Trinajstić information content (AvgIpc) is 2.75. The molecule has 0 fully saturated rings. The number of benzene rings is 1. The van der Waals surface area contributed by atoms with E-state index in [1.54, 1.807) is 19.4 Å². The molecule has 0 spiro atoms. The Kier molecular flexibility index (Phi) is 6.23. The molecule has 0 bridgehead atoms. The van der Waals surface area contributed by atoms with Crippen LogP contribution in [0.1, 0.15) is 26.3 Å². The van der Waals surface area contributed by atoms with E-state index in [-0.39, 0.29) is 17.0 Å². The number of aromatic nitrogens is 2. The van der Waals surface area contributed by atoms with Crippen molar-refractivity contribution in [3.63, 3.8) is 0 Å². The van der Waals surface area contributed by atoms with Gasteiger partial charge in [0.2, 0.25) is 0 Å². The Labute approximate surface area is 166 Å². The van der Waals surface area contributed by atoms with Crippen LogP contribution in [0.4, 0.5) is 14.5 Å². The van der Waals surface area contributed by atoms with E-state index in [0.717, 1.165) is 17.7 Å². The van der Waals surface area contributed by atoms with Crippen LogP contribution >= 0.6 is 0 Å². The number of carbonyl (C=O) groups excluding carboxylic acids is 2. The SMILES string of the molecule is CN(CCc1ccncc1)C(=O)c1cncc(C(=O)Nc2c(F)cccc2F)c1. The van der Waals surface area contributed by atoms with Crippen LogP contribution in [0.2, 0.25) is 0 Å². The number of para-hydroxylation sites is 1. The minimum Gasteiger partial charge on any atom is -0.341 e. The van der Waals surface area contributed by atoms with Crippen molar-refractivity contribution in [2.45, 2.75) is 6.42 Å². The molecule has 0 aliphatic heterocycles. The molecule has 0 atom stereocenters. The highest BCUT2D eigenvalue weighted by atomic mass is 19.1. The maximum absolute atomic E-state index is 13.7. The first-order valence-electron chi connectivity index (χ1n) is 8.80. The fraction of sp³-hybridized carbons (Fsp3) is 0.143. The van der Waals surface area contributed by atoms with Gasteiger partial charge in [0.05, 0.1) is 11.1 Å². The lowest BCUT2D eigenvalue weighted by Gasteiger charge is -2.17. The molecule has 29 heavy (non-hydrogen) atoms. The van der Waals surface area contributed by atoms with Gasteiger partial charge in [-0.15, -0.1) is 0 Å². The molecule has 0 aliphatic rings. The molecule has 3 aromatic rings. The first-order chi connectivity index (χ1) is 14.0. The third-order valence-electron chi connectivity index (χ3n) is 4.28. The smallest absolute Gasteiger partial charge is 0.257 e. The number of pyridine rings is 2. The zero-order valence-corrected chi connectivity index (χ0v) is 15.6. The predicted molar refractivity (Wildman–Crippen MR) is 103 cm³/mol. The van der Waals surface area contributed by atoms with E-state index in [1.165, 1.54) is 29.4 Å². The average molecular weight is 396 g/mol. The molecule has 8 heteroatoms. The summed E-state index contributed by atoms with van der Waals surface area (Å²) in [6, 6.07) is 8.35. The number of hydrogen-bond acceptors (Lipinski definition) is 4. The first kappa shape index (κ1) is 20.1. The highest BCUT2D eigenvalue weighted by molar-refractivity contribution is 6.05. The monoisotopic (exact) mass is 396 g/mol. The maximum atomic E-state index is 13.7. The number of carbonyl (C=O) groups is 2. The van der Waals surface area contributed by atoms with Gasteiger partial charge in [0.1, 0.15) is 17.3 Å². The fourth-order valence-corrected chi connectivity index (χ4v) is 2.65. The molecule has 2 heterocycles. The van der Waals surface area contributed by atoms with Gasteiger partial charge in [-0.25, -0.2) is 8.78 Å². The minimum absolute atomic E-state index is 0.0148. The molecular formula is C21H18F2N4O2. The fourth-order valence-electron chi connectivity index (χ4n) is 2.65. The lowest BCUT2D eigenvalue weighted by Crippen LogP contribution is -2.29. The van der Waals surface area contributed by atoms with Gasteiger partial charge in [-0.2, -0.15) is 0 Å². The Hall–Kier alpha value is -3.68. The summed E-state index contributed by atoms with van der Waals surface area (Å²) in [5.41, 5.74) is 0.700. The number of amides is 2. The summed E-state index contributed by atoms with van der Waals surface area (Å²) < 4.78 is 27.5. The highest BCUT2D eigenvalue weighted by Gasteiger charge is 2.17. The summed E-state index contributed by atoms with van der Waals surface area (Å²) in [5.74, 6) is -2.88. The molecule has 0 saturated carbocycles.